The highest BCUT2D eigenvalue weighted by Crippen LogP contribution is 2.29. The van der Waals surface area contributed by atoms with Gasteiger partial charge in [0.15, 0.2) is 23.7 Å². The SMILES string of the molecule is C=C(/C=C\C(=C/C)C1OCC(C)CO1)c1ccc(-c2cc(F)c(F)c(F)c2)c(F)c1. The van der Waals surface area contributed by atoms with Crippen LogP contribution in [0.15, 0.2) is 60.7 Å². The molecule has 2 aromatic rings. The largest absolute Gasteiger partial charge is 0.348 e. The van der Waals surface area contributed by atoms with Crippen LogP contribution in [0.1, 0.15) is 19.4 Å². The van der Waals surface area contributed by atoms with Gasteiger partial charge in [-0.25, -0.2) is 17.6 Å². The van der Waals surface area contributed by atoms with E-state index in [-0.39, 0.29) is 11.1 Å². The molecule has 0 radical (unpaired) electrons. The Morgan fingerprint density at radius 2 is 1.60 bits per heavy atom. The number of rotatable bonds is 5. The Labute approximate surface area is 173 Å². The summed E-state index contributed by atoms with van der Waals surface area (Å²) in [5.41, 5.74) is 1.71. The molecular formula is C24H22F4O2. The fourth-order valence-electron chi connectivity index (χ4n) is 3.06. The molecule has 1 heterocycles. The Bertz CT molecular complexity index is 979. The molecule has 1 saturated heterocycles. The fraction of sp³-hybridized carbons (Fsp3) is 0.250. The highest BCUT2D eigenvalue weighted by atomic mass is 19.2. The van der Waals surface area contributed by atoms with E-state index in [1.807, 2.05) is 19.9 Å². The first kappa shape index (κ1) is 22.0. The van der Waals surface area contributed by atoms with Gasteiger partial charge in [-0.3, -0.25) is 0 Å². The maximum atomic E-state index is 14.6. The number of ether oxygens (including phenoxy) is 2. The molecule has 1 aliphatic heterocycles. The van der Waals surface area contributed by atoms with E-state index >= 15 is 0 Å². The van der Waals surface area contributed by atoms with Gasteiger partial charge in [-0.05, 0) is 41.8 Å². The van der Waals surface area contributed by atoms with Crippen molar-refractivity contribution in [1.82, 2.24) is 0 Å². The first-order chi connectivity index (χ1) is 14.3. The van der Waals surface area contributed by atoms with Gasteiger partial charge in [0.25, 0.3) is 0 Å². The third-order valence-corrected chi connectivity index (χ3v) is 4.78. The summed E-state index contributed by atoms with van der Waals surface area (Å²) in [5, 5.41) is 0. The molecule has 158 valence electrons. The molecule has 0 spiro atoms. The van der Waals surface area contributed by atoms with Gasteiger partial charge in [0, 0.05) is 17.1 Å². The highest BCUT2D eigenvalue weighted by molar-refractivity contribution is 5.75. The van der Waals surface area contributed by atoms with Gasteiger partial charge in [-0.2, -0.15) is 0 Å². The zero-order valence-corrected chi connectivity index (χ0v) is 16.7. The Morgan fingerprint density at radius 1 is 0.967 bits per heavy atom. The van der Waals surface area contributed by atoms with Crippen molar-refractivity contribution in [2.75, 3.05) is 13.2 Å². The van der Waals surface area contributed by atoms with Gasteiger partial charge in [0.05, 0.1) is 13.2 Å². The van der Waals surface area contributed by atoms with E-state index in [4.69, 9.17) is 9.47 Å². The van der Waals surface area contributed by atoms with E-state index in [9.17, 15) is 17.6 Å². The molecule has 0 bridgehead atoms. The monoisotopic (exact) mass is 418 g/mol. The number of halogens is 4. The zero-order valence-electron chi connectivity index (χ0n) is 16.7. The lowest BCUT2D eigenvalue weighted by atomic mass is 9.99. The summed E-state index contributed by atoms with van der Waals surface area (Å²) in [6.07, 6.45) is 4.91. The van der Waals surface area contributed by atoms with E-state index in [0.717, 1.165) is 17.7 Å². The lowest BCUT2D eigenvalue weighted by Gasteiger charge is -2.28. The second-order valence-electron chi connectivity index (χ2n) is 7.20. The maximum absolute atomic E-state index is 14.6. The molecule has 1 fully saturated rings. The molecule has 0 aromatic heterocycles. The average molecular weight is 418 g/mol. The van der Waals surface area contributed by atoms with Crippen molar-refractivity contribution in [3.63, 3.8) is 0 Å². The van der Waals surface area contributed by atoms with Gasteiger partial charge in [0.2, 0.25) is 0 Å². The second-order valence-corrected chi connectivity index (χ2v) is 7.20. The topological polar surface area (TPSA) is 18.5 Å². The highest BCUT2D eigenvalue weighted by Gasteiger charge is 2.21. The predicted molar refractivity (Wildman–Crippen MR) is 108 cm³/mol. The third kappa shape index (κ3) is 4.89. The molecule has 0 N–H and O–H groups in total. The van der Waals surface area contributed by atoms with Gasteiger partial charge in [-0.1, -0.05) is 43.9 Å². The minimum absolute atomic E-state index is 0.0411. The summed E-state index contributed by atoms with van der Waals surface area (Å²) in [6.45, 7) is 9.05. The smallest absolute Gasteiger partial charge is 0.194 e. The van der Waals surface area contributed by atoms with Crippen LogP contribution in [-0.4, -0.2) is 19.5 Å². The number of allylic oxidation sites excluding steroid dienone is 3. The van der Waals surface area contributed by atoms with Crippen LogP contribution in [0.4, 0.5) is 17.6 Å². The van der Waals surface area contributed by atoms with Crippen molar-refractivity contribution in [2.24, 2.45) is 5.92 Å². The minimum Gasteiger partial charge on any atom is -0.348 e. The second kappa shape index (κ2) is 9.41. The number of hydrogen-bond acceptors (Lipinski definition) is 2. The first-order valence-electron chi connectivity index (χ1n) is 9.51. The summed E-state index contributed by atoms with van der Waals surface area (Å²) in [6, 6.07) is 5.69. The Kier molecular flexibility index (Phi) is 6.90. The van der Waals surface area contributed by atoms with Crippen molar-refractivity contribution < 1.29 is 27.0 Å². The quantitative estimate of drug-likeness (QED) is 0.316. The fourth-order valence-corrected chi connectivity index (χ4v) is 3.06. The van der Waals surface area contributed by atoms with Crippen LogP contribution in [0, 0.1) is 29.2 Å². The lowest BCUT2D eigenvalue weighted by Crippen LogP contribution is -2.31. The van der Waals surface area contributed by atoms with E-state index in [1.54, 1.807) is 18.2 Å². The summed E-state index contributed by atoms with van der Waals surface area (Å²) in [5.74, 6) is -4.70. The van der Waals surface area contributed by atoms with Gasteiger partial charge >= 0.3 is 0 Å². The maximum Gasteiger partial charge on any atom is 0.194 e. The summed E-state index contributed by atoms with van der Waals surface area (Å²) in [7, 11) is 0. The number of hydrogen-bond donors (Lipinski definition) is 0. The molecule has 2 aromatic carbocycles. The molecule has 1 aliphatic rings. The summed E-state index contributed by atoms with van der Waals surface area (Å²) < 4.78 is 66.0. The van der Waals surface area contributed by atoms with E-state index in [1.165, 1.54) is 12.1 Å². The molecule has 3 rings (SSSR count). The van der Waals surface area contributed by atoms with Crippen LogP contribution in [0.3, 0.4) is 0 Å². The molecule has 0 saturated carbocycles. The molecular weight excluding hydrogens is 396 g/mol. The van der Waals surface area contributed by atoms with Crippen LogP contribution in [0.5, 0.6) is 0 Å². The van der Waals surface area contributed by atoms with E-state index in [0.29, 0.717) is 30.3 Å². The number of benzene rings is 2. The first-order valence-corrected chi connectivity index (χ1v) is 9.51. The van der Waals surface area contributed by atoms with Gasteiger partial charge in [0.1, 0.15) is 5.82 Å². The molecule has 0 amide bonds. The van der Waals surface area contributed by atoms with E-state index in [2.05, 4.69) is 6.58 Å². The molecule has 0 atom stereocenters. The van der Waals surface area contributed by atoms with Crippen LogP contribution < -0.4 is 0 Å². The van der Waals surface area contributed by atoms with Crippen molar-refractivity contribution in [3.8, 4) is 11.1 Å². The zero-order chi connectivity index (χ0) is 21.8. The predicted octanol–water partition coefficient (Wildman–Crippen LogP) is 6.43. The summed E-state index contributed by atoms with van der Waals surface area (Å²) >= 11 is 0. The van der Waals surface area contributed by atoms with Crippen molar-refractivity contribution in [2.45, 2.75) is 20.1 Å². The molecule has 30 heavy (non-hydrogen) atoms. The average Bonchev–Trinajstić information content (AvgIpc) is 2.73. The van der Waals surface area contributed by atoms with Crippen LogP contribution in [0.2, 0.25) is 0 Å². The van der Waals surface area contributed by atoms with Crippen LogP contribution >= 0.6 is 0 Å². The minimum atomic E-state index is -1.59. The Balaban J connectivity index is 1.77. The van der Waals surface area contributed by atoms with Crippen molar-refractivity contribution in [3.05, 3.63) is 89.5 Å². The summed E-state index contributed by atoms with van der Waals surface area (Å²) in [4.78, 5) is 0. The third-order valence-electron chi connectivity index (χ3n) is 4.78. The molecule has 6 heteroatoms. The van der Waals surface area contributed by atoms with Gasteiger partial charge in [-0.15, -0.1) is 0 Å². The van der Waals surface area contributed by atoms with Crippen LogP contribution in [-0.2, 0) is 9.47 Å². The van der Waals surface area contributed by atoms with Crippen molar-refractivity contribution >= 4 is 5.57 Å². The lowest BCUT2D eigenvalue weighted by molar-refractivity contribution is -0.175. The van der Waals surface area contributed by atoms with Gasteiger partial charge < -0.3 is 9.47 Å². The molecule has 0 aliphatic carbocycles. The standard InChI is InChI=1S/C24H22F4O2/c1-4-16(24-29-12-14(2)13-30-24)6-5-15(3)17-7-8-19(20(25)9-17)18-10-21(26)23(28)22(27)11-18/h4-11,14,24H,3,12-13H2,1-2H3/b6-5-,16-4+. The Hall–Kier alpha value is -2.70. The Morgan fingerprint density at radius 3 is 2.17 bits per heavy atom. The van der Waals surface area contributed by atoms with Crippen molar-refractivity contribution in [1.29, 1.82) is 0 Å². The van der Waals surface area contributed by atoms with Crippen LogP contribution in [0.25, 0.3) is 16.7 Å². The normalized spacial score (nSPS) is 20.0. The molecule has 2 nitrogen and oxygen atoms in total. The molecule has 0 unspecified atom stereocenters. The van der Waals surface area contributed by atoms with E-state index < -0.39 is 29.6 Å².